The minimum atomic E-state index is -2.88. The molecule has 1 aliphatic rings. The van der Waals surface area contributed by atoms with Crippen LogP contribution in [0.15, 0.2) is 34.9 Å². The Balaban J connectivity index is 1.60. The van der Waals surface area contributed by atoms with Gasteiger partial charge in [-0.3, -0.25) is 4.79 Å². The van der Waals surface area contributed by atoms with Gasteiger partial charge < -0.3 is 19.3 Å². The van der Waals surface area contributed by atoms with Crippen LogP contribution in [0.4, 0.5) is 8.78 Å². The van der Waals surface area contributed by atoms with Crippen LogP contribution in [0.3, 0.4) is 0 Å². The van der Waals surface area contributed by atoms with Gasteiger partial charge in [-0.2, -0.15) is 0 Å². The number of rotatable bonds is 8. The minimum Gasteiger partial charge on any atom is -0.381 e. The highest BCUT2D eigenvalue weighted by Gasteiger charge is 2.29. The van der Waals surface area contributed by atoms with E-state index in [1.807, 2.05) is 30.3 Å². The topological polar surface area (TPSA) is 73.6 Å². The van der Waals surface area contributed by atoms with E-state index < -0.39 is 23.6 Å². The lowest BCUT2D eigenvalue weighted by atomic mass is 10.1. The average molecular weight is 366 g/mol. The Kier molecular flexibility index (Phi) is 6.30. The van der Waals surface area contributed by atoms with E-state index in [0.717, 1.165) is 12.0 Å². The normalized spacial score (nSPS) is 17.0. The van der Waals surface area contributed by atoms with Crippen molar-refractivity contribution in [2.24, 2.45) is 5.92 Å². The summed E-state index contributed by atoms with van der Waals surface area (Å²) in [7, 11) is 0. The van der Waals surface area contributed by atoms with Crippen LogP contribution in [-0.4, -0.2) is 30.8 Å². The highest BCUT2D eigenvalue weighted by atomic mass is 19.3. The molecule has 1 aromatic carbocycles. The molecular formula is C18H20F2N2O4. The van der Waals surface area contributed by atoms with E-state index in [2.05, 4.69) is 10.5 Å². The predicted octanol–water partition coefficient (Wildman–Crippen LogP) is 3.10. The molecule has 2 heterocycles. The number of hydrogen-bond acceptors (Lipinski definition) is 5. The predicted molar refractivity (Wildman–Crippen MR) is 87.7 cm³/mol. The summed E-state index contributed by atoms with van der Waals surface area (Å²) in [5, 5.41) is 6.15. The van der Waals surface area contributed by atoms with E-state index >= 15 is 0 Å². The molecule has 8 heteroatoms. The second-order valence-electron chi connectivity index (χ2n) is 6.09. The average Bonchev–Trinajstić information content (AvgIpc) is 3.30. The number of alkyl halides is 2. The summed E-state index contributed by atoms with van der Waals surface area (Å²) in [6.07, 6.45) is -2.05. The van der Waals surface area contributed by atoms with Crippen molar-refractivity contribution >= 4 is 5.91 Å². The number of ether oxygens (including phenoxy) is 2. The fourth-order valence-electron chi connectivity index (χ4n) is 2.72. The summed E-state index contributed by atoms with van der Waals surface area (Å²) >= 11 is 0. The summed E-state index contributed by atoms with van der Waals surface area (Å²) < 4.78 is 42.4. The third-order valence-electron chi connectivity index (χ3n) is 4.16. The van der Waals surface area contributed by atoms with Gasteiger partial charge in [0.1, 0.15) is 6.61 Å². The van der Waals surface area contributed by atoms with Gasteiger partial charge in [0.2, 0.25) is 0 Å². The molecule has 1 aromatic heterocycles. The zero-order chi connectivity index (χ0) is 18.4. The lowest BCUT2D eigenvalue weighted by molar-refractivity contribution is 0.0816. The summed E-state index contributed by atoms with van der Waals surface area (Å²) in [6, 6.07) is 9.31. The largest absolute Gasteiger partial charge is 0.381 e. The number of hydrogen-bond donors (Lipinski definition) is 1. The minimum absolute atomic E-state index is 0.134. The zero-order valence-corrected chi connectivity index (χ0v) is 14.1. The Morgan fingerprint density at radius 1 is 1.31 bits per heavy atom. The van der Waals surface area contributed by atoms with Crippen LogP contribution in [0, 0.1) is 5.92 Å². The van der Waals surface area contributed by atoms with Gasteiger partial charge in [0, 0.05) is 19.1 Å². The maximum Gasteiger partial charge on any atom is 0.274 e. The Labute approximate surface area is 149 Å². The number of aromatic nitrogens is 1. The Morgan fingerprint density at radius 2 is 2.12 bits per heavy atom. The SMILES string of the molecule is O=C(NCC1CCOC1)c1noc(COCc2ccccc2)c1C(F)F. The van der Waals surface area contributed by atoms with Gasteiger partial charge in [-0.05, 0) is 12.0 Å². The van der Waals surface area contributed by atoms with E-state index in [1.165, 1.54) is 0 Å². The van der Waals surface area contributed by atoms with Crippen molar-refractivity contribution in [1.29, 1.82) is 0 Å². The van der Waals surface area contributed by atoms with E-state index in [9.17, 15) is 13.6 Å². The van der Waals surface area contributed by atoms with E-state index in [4.69, 9.17) is 14.0 Å². The summed E-state index contributed by atoms with van der Waals surface area (Å²) in [6.45, 7) is 1.61. The highest BCUT2D eigenvalue weighted by Crippen LogP contribution is 2.27. The molecule has 140 valence electrons. The van der Waals surface area contributed by atoms with Gasteiger partial charge in [-0.15, -0.1) is 0 Å². The third kappa shape index (κ3) is 4.64. The number of carbonyl (C=O) groups excluding carboxylic acids is 1. The van der Waals surface area contributed by atoms with E-state index in [-0.39, 0.29) is 24.9 Å². The van der Waals surface area contributed by atoms with Crippen molar-refractivity contribution in [2.45, 2.75) is 26.1 Å². The molecule has 0 aliphatic carbocycles. The van der Waals surface area contributed by atoms with Crippen molar-refractivity contribution < 1.29 is 27.6 Å². The van der Waals surface area contributed by atoms with Crippen LogP contribution in [-0.2, 0) is 22.7 Å². The molecule has 26 heavy (non-hydrogen) atoms. The summed E-state index contributed by atoms with van der Waals surface area (Å²) in [5.41, 5.74) is -0.00202. The third-order valence-corrected chi connectivity index (χ3v) is 4.16. The molecular weight excluding hydrogens is 346 g/mol. The van der Waals surface area contributed by atoms with Gasteiger partial charge in [-0.1, -0.05) is 35.5 Å². The van der Waals surface area contributed by atoms with Crippen LogP contribution in [0.1, 0.15) is 40.2 Å². The van der Waals surface area contributed by atoms with Crippen molar-refractivity contribution in [3.05, 3.63) is 52.9 Å². The van der Waals surface area contributed by atoms with E-state index in [1.54, 1.807) is 0 Å². The molecule has 1 fully saturated rings. The Morgan fingerprint density at radius 3 is 2.81 bits per heavy atom. The van der Waals surface area contributed by atoms with Crippen LogP contribution in [0.2, 0.25) is 0 Å². The first-order valence-corrected chi connectivity index (χ1v) is 8.39. The van der Waals surface area contributed by atoms with Gasteiger partial charge in [-0.25, -0.2) is 8.78 Å². The van der Waals surface area contributed by atoms with E-state index in [0.29, 0.717) is 19.8 Å². The summed E-state index contributed by atoms with van der Waals surface area (Å²) in [5.74, 6) is -0.620. The van der Waals surface area contributed by atoms with Crippen molar-refractivity contribution in [2.75, 3.05) is 19.8 Å². The molecule has 3 rings (SSSR count). The molecule has 0 saturated carbocycles. The maximum atomic E-state index is 13.4. The highest BCUT2D eigenvalue weighted by molar-refractivity contribution is 5.93. The Hall–Kier alpha value is -2.32. The van der Waals surface area contributed by atoms with Gasteiger partial charge >= 0.3 is 0 Å². The van der Waals surface area contributed by atoms with Gasteiger partial charge in [0.05, 0.1) is 18.8 Å². The maximum absolute atomic E-state index is 13.4. The Bertz CT molecular complexity index is 715. The molecule has 1 saturated heterocycles. The van der Waals surface area contributed by atoms with Crippen molar-refractivity contribution in [1.82, 2.24) is 10.5 Å². The second kappa shape index (κ2) is 8.86. The standard InChI is InChI=1S/C18H20F2N2O4/c19-17(20)15-14(11-25-9-12-4-2-1-3-5-12)26-22-16(15)18(23)21-8-13-6-7-24-10-13/h1-5,13,17H,6-11H2,(H,21,23). The van der Waals surface area contributed by atoms with Crippen LogP contribution >= 0.6 is 0 Å². The number of halogens is 2. The lowest BCUT2D eigenvalue weighted by Gasteiger charge is -2.09. The van der Waals surface area contributed by atoms with Crippen LogP contribution < -0.4 is 5.32 Å². The number of carbonyl (C=O) groups is 1. The first-order chi connectivity index (χ1) is 12.6. The molecule has 0 spiro atoms. The number of nitrogens with zero attached hydrogens (tertiary/aromatic N) is 1. The van der Waals surface area contributed by atoms with Gasteiger partial charge in [0.15, 0.2) is 11.5 Å². The quantitative estimate of drug-likeness (QED) is 0.777. The van der Waals surface area contributed by atoms with Crippen molar-refractivity contribution in [3.8, 4) is 0 Å². The molecule has 1 atom stereocenters. The van der Waals surface area contributed by atoms with Crippen molar-refractivity contribution in [3.63, 3.8) is 0 Å². The molecule has 1 N–H and O–H groups in total. The molecule has 2 aromatic rings. The van der Waals surface area contributed by atoms with Crippen LogP contribution in [0.5, 0.6) is 0 Å². The monoisotopic (exact) mass is 366 g/mol. The molecule has 0 bridgehead atoms. The fraction of sp³-hybridized carbons (Fsp3) is 0.444. The van der Waals surface area contributed by atoms with Gasteiger partial charge in [0.25, 0.3) is 12.3 Å². The number of benzene rings is 1. The summed E-state index contributed by atoms with van der Waals surface area (Å²) in [4.78, 5) is 12.2. The molecule has 0 radical (unpaired) electrons. The molecule has 1 unspecified atom stereocenters. The fourth-order valence-corrected chi connectivity index (χ4v) is 2.72. The molecule has 6 nitrogen and oxygen atoms in total. The molecule has 1 aliphatic heterocycles. The molecule has 1 amide bonds. The second-order valence-corrected chi connectivity index (χ2v) is 6.09. The lowest BCUT2D eigenvalue weighted by Crippen LogP contribution is -2.30. The first-order valence-electron chi connectivity index (χ1n) is 8.39. The smallest absolute Gasteiger partial charge is 0.274 e. The zero-order valence-electron chi connectivity index (χ0n) is 14.1. The van der Waals surface area contributed by atoms with Crippen LogP contribution in [0.25, 0.3) is 0 Å². The number of amides is 1. The first kappa shape index (κ1) is 18.5. The number of nitrogens with one attached hydrogen (secondary N) is 1.